The van der Waals surface area contributed by atoms with Crippen molar-refractivity contribution >= 4 is 11.9 Å². The highest BCUT2D eigenvalue weighted by Crippen LogP contribution is 2.13. The number of ether oxygens (including phenoxy) is 3. The summed E-state index contributed by atoms with van der Waals surface area (Å²) in [5.41, 5.74) is 0.955. The van der Waals surface area contributed by atoms with Crippen molar-refractivity contribution in [2.24, 2.45) is 10.8 Å². The first kappa shape index (κ1) is 33.1. The van der Waals surface area contributed by atoms with Gasteiger partial charge in [-0.05, 0) is 90.1 Å². The lowest BCUT2D eigenvalue weighted by atomic mass is 9.98. The quantitative estimate of drug-likeness (QED) is 0.435. The van der Waals surface area contributed by atoms with Gasteiger partial charge in [-0.25, -0.2) is 9.59 Å². The first-order valence-corrected chi connectivity index (χ1v) is 11.5. The lowest BCUT2D eigenvalue weighted by Gasteiger charge is -2.07. The molecule has 0 atom stereocenters. The van der Waals surface area contributed by atoms with Gasteiger partial charge in [0.2, 0.25) is 0 Å². The number of carbonyl (C=O) groups excluding carboxylic acids is 2. The zero-order valence-electron chi connectivity index (χ0n) is 23.0. The molecule has 0 aliphatic rings. The molecule has 0 aromatic heterocycles. The molecule has 0 saturated carbocycles. The van der Waals surface area contributed by atoms with E-state index in [4.69, 9.17) is 14.9 Å². The number of carbonyl (C=O) groups is 2. The Morgan fingerprint density at radius 3 is 1.49 bits per heavy atom. The number of hydrogen-bond donors (Lipinski definition) is 2. The van der Waals surface area contributed by atoms with Crippen molar-refractivity contribution in [3.05, 3.63) is 59.7 Å². The summed E-state index contributed by atoms with van der Waals surface area (Å²) >= 11 is 0. The lowest BCUT2D eigenvalue weighted by Crippen LogP contribution is -2.02. The summed E-state index contributed by atoms with van der Waals surface area (Å²) < 4.78 is 14.5. The first-order chi connectivity index (χ1) is 17.2. The van der Waals surface area contributed by atoms with E-state index in [1.807, 2.05) is 41.5 Å². The highest BCUT2D eigenvalue weighted by atomic mass is 16.5. The normalized spacial score (nSPS) is 9.86. The van der Waals surface area contributed by atoms with Gasteiger partial charge in [-0.1, -0.05) is 23.7 Å². The molecule has 200 valence electrons. The Hall–Kier alpha value is -3.94. The third-order valence-corrected chi connectivity index (χ3v) is 3.88. The zero-order chi connectivity index (χ0) is 28.5. The minimum absolute atomic E-state index is 0.0158. The average molecular weight is 511 g/mol. The number of aromatic hydroxyl groups is 1. The van der Waals surface area contributed by atoms with Crippen LogP contribution in [0.15, 0.2) is 48.5 Å². The maximum atomic E-state index is 11.2. The van der Waals surface area contributed by atoms with Gasteiger partial charge in [-0.2, -0.15) is 0 Å². The predicted molar refractivity (Wildman–Crippen MR) is 144 cm³/mol. The molecule has 0 spiro atoms. The number of aliphatic hydroxyl groups excluding tert-OH is 1. The molecule has 2 aromatic rings. The van der Waals surface area contributed by atoms with E-state index in [9.17, 15) is 9.59 Å². The highest BCUT2D eigenvalue weighted by molar-refractivity contribution is 5.89. The van der Waals surface area contributed by atoms with E-state index in [2.05, 4.69) is 33.2 Å². The first-order valence-electron chi connectivity index (χ1n) is 11.5. The van der Waals surface area contributed by atoms with Crippen molar-refractivity contribution < 1.29 is 34.0 Å². The molecule has 2 rings (SSSR count). The third kappa shape index (κ3) is 17.2. The summed E-state index contributed by atoms with van der Waals surface area (Å²) in [6.45, 7) is 12.5. The Morgan fingerprint density at radius 1 is 0.730 bits per heavy atom. The summed E-state index contributed by atoms with van der Waals surface area (Å²) in [6.07, 6.45) is 0. The van der Waals surface area contributed by atoms with E-state index in [1.165, 1.54) is 38.5 Å². The number of benzene rings is 2. The number of rotatable bonds is 4. The minimum Gasteiger partial charge on any atom is -0.508 e. The fourth-order valence-corrected chi connectivity index (χ4v) is 2.25. The molecule has 0 aliphatic heterocycles. The number of hydrogen-bond acceptors (Lipinski definition) is 7. The van der Waals surface area contributed by atoms with Gasteiger partial charge in [0.15, 0.2) is 0 Å². The van der Waals surface area contributed by atoms with Gasteiger partial charge in [-0.15, -0.1) is 0 Å². The van der Waals surface area contributed by atoms with Crippen molar-refractivity contribution in [3.8, 4) is 35.2 Å². The summed E-state index contributed by atoms with van der Waals surface area (Å²) in [5, 5.41) is 17.1. The van der Waals surface area contributed by atoms with Gasteiger partial charge in [0.1, 0.15) is 24.7 Å². The molecule has 2 aromatic carbocycles. The van der Waals surface area contributed by atoms with Gasteiger partial charge in [0, 0.05) is 10.8 Å². The Balaban J connectivity index is 0.000000580. The molecule has 0 saturated heterocycles. The van der Waals surface area contributed by atoms with Crippen LogP contribution >= 0.6 is 0 Å². The molecule has 7 nitrogen and oxygen atoms in total. The predicted octanol–water partition coefficient (Wildman–Crippen LogP) is 5.11. The molecule has 2 N–H and O–H groups in total. The molecular weight excluding hydrogens is 472 g/mol. The van der Waals surface area contributed by atoms with E-state index in [0.717, 1.165) is 0 Å². The van der Waals surface area contributed by atoms with E-state index in [0.29, 0.717) is 23.5 Å². The molecule has 0 amide bonds. The lowest BCUT2D eigenvalue weighted by molar-refractivity contribution is 0.0592. The average Bonchev–Trinajstić information content (AvgIpc) is 2.85. The number of esters is 2. The van der Waals surface area contributed by atoms with E-state index < -0.39 is 5.97 Å². The largest absolute Gasteiger partial charge is 0.508 e. The molecule has 0 unspecified atom stereocenters. The van der Waals surface area contributed by atoms with Crippen molar-refractivity contribution in [2.75, 3.05) is 27.4 Å². The van der Waals surface area contributed by atoms with Crippen molar-refractivity contribution in [1.29, 1.82) is 0 Å². The van der Waals surface area contributed by atoms with Crippen LogP contribution in [0.5, 0.6) is 11.5 Å². The summed E-state index contributed by atoms with van der Waals surface area (Å²) in [4.78, 5) is 22.0. The molecular formula is C30H38O7. The molecule has 7 heteroatoms. The zero-order valence-corrected chi connectivity index (χ0v) is 23.0. The monoisotopic (exact) mass is 510 g/mol. The topological polar surface area (TPSA) is 102 Å². The summed E-state index contributed by atoms with van der Waals surface area (Å²) in [7, 11) is 2.67. The fraction of sp³-hybridized carbons (Fsp3) is 0.400. The van der Waals surface area contributed by atoms with Gasteiger partial charge in [-0.3, -0.25) is 0 Å². The van der Waals surface area contributed by atoms with Crippen molar-refractivity contribution in [3.63, 3.8) is 0 Å². The van der Waals surface area contributed by atoms with Gasteiger partial charge in [0.05, 0.1) is 25.3 Å². The standard InChI is InChI=1S/C15H18O3.C8H8O3.C7H12O/c1-15(2,3)10-5-11-18-13-8-6-12(7-9-13)14(16)17-4;1-11-8(10)6-2-4-7(9)5-3-6;1-7(2,3)5-4-6-8/h6-9H,11H2,1-4H3;2-5,9H,1H3;8H,6H2,1-3H3. The van der Waals surface area contributed by atoms with Crippen LogP contribution in [0.1, 0.15) is 62.3 Å². The second-order valence-electron chi connectivity index (χ2n) is 9.60. The number of aliphatic hydroxyl groups is 1. The number of methoxy groups -OCH3 is 2. The van der Waals surface area contributed by atoms with Crippen LogP contribution in [0.2, 0.25) is 0 Å². The maximum Gasteiger partial charge on any atom is 0.337 e. The molecule has 0 radical (unpaired) electrons. The van der Waals surface area contributed by atoms with Crippen LogP contribution in [0.4, 0.5) is 0 Å². The Labute approximate surface area is 220 Å². The van der Waals surface area contributed by atoms with Crippen molar-refractivity contribution in [1.82, 2.24) is 0 Å². The number of phenolic OH excluding ortho intramolecular Hbond substituents is 1. The van der Waals surface area contributed by atoms with Gasteiger partial charge < -0.3 is 24.4 Å². The minimum atomic E-state index is -0.398. The van der Waals surface area contributed by atoms with Crippen LogP contribution in [-0.4, -0.2) is 49.6 Å². The van der Waals surface area contributed by atoms with Gasteiger partial charge >= 0.3 is 11.9 Å². The molecule has 0 aliphatic carbocycles. The van der Waals surface area contributed by atoms with Crippen LogP contribution in [0.25, 0.3) is 0 Å². The molecule has 0 bridgehead atoms. The van der Waals surface area contributed by atoms with Crippen LogP contribution in [0.3, 0.4) is 0 Å². The van der Waals surface area contributed by atoms with Crippen LogP contribution < -0.4 is 4.74 Å². The van der Waals surface area contributed by atoms with E-state index in [1.54, 1.807) is 24.3 Å². The van der Waals surface area contributed by atoms with Crippen LogP contribution in [-0.2, 0) is 9.47 Å². The summed E-state index contributed by atoms with van der Waals surface area (Å²) in [6, 6.07) is 12.7. The van der Waals surface area contributed by atoms with E-state index >= 15 is 0 Å². The Kier molecular flexibility index (Phi) is 14.9. The molecule has 37 heavy (non-hydrogen) atoms. The molecule has 0 heterocycles. The highest BCUT2D eigenvalue weighted by Gasteiger charge is 2.05. The van der Waals surface area contributed by atoms with Crippen LogP contribution in [0, 0.1) is 34.5 Å². The van der Waals surface area contributed by atoms with E-state index in [-0.39, 0.29) is 29.2 Å². The maximum absolute atomic E-state index is 11.2. The Bertz CT molecular complexity index is 1080. The SMILES string of the molecule is CC(C)(C)C#CCO.COC(=O)c1ccc(O)cc1.COC(=O)c1ccc(OCC#CC(C)(C)C)cc1. The smallest absolute Gasteiger partial charge is 0.337 e. The third-order valence-electron chi connectivity index (χ3n) is 3.88. The second kappa shape index (κ2) is 16.7. The van der Waals surface area contributed by atoms with Gasteiger partial charge in [0.25, 0.3) is 0 Å². The second-order valence-corrected chi connectivity index (χ2v) is 9.60. The Morgan fingerprint density at radius 2 is 1.14 bits per heavy atom. The van der Waals surface area contributed by atoms with Crippen molar-refractivity contribution in [2.45, 2.75) is 41.5 Å². The molecule has 0 fully saturated rings. The number of phenols is 1. The summed E-state index contributed by atoms with van der Waals surface area (Å²) in [5.74, 6) is 11.6. The fourth-order valence-electron chi connectivity index (χ4n) is 2.25.